The maximum atomic E-state index is 4.12. The van der Waals surface area contributed by atoms with Crippen molar-refractivity contribution in [3.05, 3.63) is 24.8 Å². The second-order valence-corrected chi connectivity index (χ2v) is 2.33. The van der Waals surface area contributed by atoms with Crippen LogP contribution in [0.15, 0.2) is 24.8 Å². The first-order chi connectivity index (χ1) is 5.95. The van der Waals surface area contributed by atoms with Gasteiger partial charge in [-0.3, -0.25) is 0 Å². The number of rotatable bonds is 0. The van der Waals surface area contributed by atoms with Crippen LogP contribution in [0.1, 0.15) is 0 Å². The summed E-state index contributed by atoms with van der Waals surface area (Å²) in [6.45, 7) is 0. The molecule has 0 fully saturated rings. The lowest BCUT2D eigenvalue weighted by molar-refractivity contribution is -0.730. The van der Waals surface area contributed by atoms with Crippen LogP contribution in [0.2, 0.25) is 0 Å². The van der Waals surface area contributed by atoms with Crippen molar-refractivity contribution in [1.82, 2.24) is 24.7 Å². The van der Waals surface area contributed by atoms with Gasteiger partial charge in [-0.25, -0.2) is 9.97 Å². The quantitative estimate of drug-likeness (QED) is 0.388. The summed E-state index contributed by atoms with van der Waals surface area (Å²) in [4.78, 5) is 8.15. The molecule has 58 valence electrons. The van der Waals surface area contributed by atoms with Crippen LogP contribution in [0.5, 0.6) is 0 Å². The zero-order chi connectivity index (χ0) is 7.97. The zero-order valence-electron chi connectivity index (χ0n) is 5.99. The molecule has 0 unspecified atom stereocenters. The van der Waals surface area contributed by atoms with Crippen molar-refractivity contribution in [3.63, 3.8) is 0 Å². The van der Waals surface area contributed by atoms with Gasteiger partial charge in [0.15, 0.2) is 11.3 Å². The molecule has 6 heteroatoms. The molecule has 0 aromatic carbocycles. The van der Waals surface area contributed by atoms with Crippen LogP contribution in [-0.4, -0.2) is 19.6 Å². The van der Waals surface area contributed by atoms with Crippen LogP contribution in [0.4, 0.5) is 0 Å². The smallest absolute Gasteiger partial charge is 0.180 e. The van der Waals surface area contributed by atoms with Crippen LogP contribution in [0.25, 0.3) is 11.3 Å². The molecular weight excluding hydrogens is 156 g/mol. The first kappa shape index (κ1) is 5.64. The third-order valence-corrected chi connectivity index (χ3v) is 1.63. The molecular formula is C6H4N6. The topological polar surface area (TPSA) is 61.3 Å². The van der Waals surface area contributed by atoms with Crippen molar-refractivity contribution >= 4 is 11.3 Å². The molecule has 0 N–H and O–H groups in total. The van der Waals surface area contributed by atoms with Gasteiger partial charge in [-0.15, -0.1) is 4.52 Å². The molecule has 12 heavy (non-hydrogen) atoms. The Morgan fingerprint density at radius 3 is 3.25 bits per heavy atom. The van der Waals surface area contributed by atoms with E-state index in [0.29, 0.717) is 5.65 Å². The average Bonchev–Trinajstić information content (AvgIpc) is 2.62. The predicted molar refractivity (Wildman–Crippen MR) is 37.3 cm³/mol. The SMILES string of the molecule is c1cnc2c(n1)n[n+]1[n-]ccn21. The van der Waals surface area contributed by atoms with E-state index in [9.17, 15) is 0 Å². The summed E-state index contributed by atoms with van der Waals surface area (Å²) < 4.78 is 3.17. The third-order valence-electron chi connectivity index (χ3n) is 1.63. The summed E-state index contributed by atoms with van der Waals surface area (Å²) in [7, 11) is 0. The number of aromatic nitrogens is 6. The average molecular weight is 160 g/mol. The summed E-state index contributed by atoms with van der Waals surface area (Å²) in [6, 6.07) is 0. The van der Waals surface area contributed by atoms with E-state index in [2.05, 4.69) is 20.2 Å². The standard InChI is InChI=1S/C6H4N6/c1-2-8-6-5(7-1)10-12-9-3-4-11(6)12/h1-4H. The summed E-state index contributed by atoms with van der Waals surface area (Å²) in [5.41, 5.74) is 1.32. The zero-order valence-corrected chi connectivity index (χ0v) is 5.99. The van der Waals surface area contributed by atoms with Crippen LogP contribution in [-0.2, 0) is 0 Å². The van der Waals surface area contributed by atoms with E-state index in [0.717, 1.165) is 5.65 Å². The van der Waals surface area contributed by atoms with Gasteiger partial charge < -0.3 is 0 Å². The second kappa shape index (κ2) is 1.79. The molecule has 0 aliphatic rings. The molecule has 0 saturated heterocycles. The molecule has 3 rings (SSSR count). The minimum Gasteiger partial charge on any atom is -0.244 e. The van der Waals surface area contributed by atoms with E-state index in [4.69, 9.17) is 0 Å². The lowest BCUT2D eigenvalue weighted by Gasteiger charge is -1.83. The molecule has 0 spiro atoms. The predicted octanol–water partition coefficient (Wildman–Crippen LogP) is -1.18. The summed E-state index contributed by atoms with van der Waals surface area (Å²) >= 11 is 0. The Morgan fingerprint density at radius 2 is 2.25 bits per heavy atom. The van der Waals surface area contributed by atoms with Gasteiger partial charge in [0.25, 0.3) is 0 Å². The first-order valence-corrected chi connectivity index (χ1v) is 3.44. The molecule has 0 aliphatic carbocycles. The molecule has 0 bridgehead atoms. The minimum atomic E-state index is 0.602. The van der Waals surface area contributed by atoms with Crippen molar-refractivity contribution in [1.29, 1.82) is 0 Å². The van der Waals surface area contributed by atoms with Gasteiger partial charge in [0.05, 0.1) is 0 Å². The normalized spacial score (nSPS) is 11.3. The Morgan fingerprint density at radius 1 is 1.33 bits per heavy atom. The van der Waals surface area contributed by atoms with Crippen LogP contribution < -0.4 is 9.84 Å². The van der Waals surface area contributed by atoms with Crippen molar-refractivity contribution in [2.24, 2.45) is 0 Å². The maximum absolute atomic E-state index is 4.12. The lowest BCUT2D eigenvalue weighted by atomic mass is 10.7. The highest BCUT2D eigenvalue weighted by molar-refractivity contribution is 5.62. The summed E-state index contributed by atoms with van der Waals surface area (Å²) in [5, 5.41) is 8.01. The molecule has 0 amide bonds. The van der Waals surface area contributed by atoms with Gasteiger partial charge in [0.1, 0.15) is 0 Å². The number of fused-ring (bicyclic) bond motifs is 3. The van der Waals surface area contributed by atoms with Crippen LogP contribution in [0.3, 0.4) is 0 Å². The fourth-order valence-electron chi connectivity index (χ4n) is 1.14. The minimum absolute atomic E-state index is 0.602. The van der Waals surface area contributed by atoms with Crippen molar-refractivity contribution in [2.45, 2.75) is 0 Å². The Kier molecular flexibility index (Phi) is 0.840. The second-order valence-electron chi connectivity index (χ2n) is 2.33. The molecule has 6 nitrogen and oxygen atoms in total. The van der Waals surface area contributed by atoms with E-state index in [1.807, 2.05) is 0 Å². The highest BCUT2D eigenvalue weighted by atomic mass is 15.6. The van der Waals surface area contributed by atoms with E-state index in [1.54, 1.807) is 29.3 Å². The molecule has 0 saturated carbocycles. The number of nitrogens with zero attached hydrogens (tertiary/aromatic N) is 6. The highest BCUT2D eigenvalue weighted by Gasteiger charge is 2.04. The van der Waals surface area contributed by atoms with Gasteiger partial charge >= 0.3 is 0 Å². The number of hydrogen-bond acceptors (Lipinski definition) is 3. The van der Waals surface area contributed by atoms with Gasteiger partial charge in [0.2, 0.25) is 0 Å². The van der Waals surface area contributed by atoms with Gasteiger partial charge in [-0.1, -0.05) is 10.2 Å². The molecule has 3 heterocycles. The summed E-state index contributed by atoms with van der Waals surface area (Å²) in [6.07, 6.45) is 6.67. The Hall–Kier alpha value is -1.98. The highest BCUT2D eigenvalue weighted by Crippen LogP contribution is 1.98. The Bertz CT molecular complexity index is 534. The van der Waals surface area contributed by atoms with Crippen LogP contribution in [0, 0.1) is 0 Å². The maximum Gasteiger partial charge on any atom is 0.180 e. The fraction of sp³-hybridized carbons (Fsp3) is 0. The molecule has 0 atom stereocenters. The largest absolute Gasteiger partial charge is 0.244 e. The van der Waals surface area contributed by atoms with Gasteiger partial charge in [-0.2, -0.15) is 0 Å². The summed E-state index contributed by atoms with van der Waals surface area (Å²) in [5.74, 6) is 0. The monoisotopic (exact) mass is 160 g/mol. The van der Waals surface area contributed by atoms with E-state index in [1.165, 1.54) is 4.74 Å². The van der Waals surface area contributed by atoms with Crippen molar-refractivity contribution in [3.8, 4) is 0 Å². The van der Waals surface area contributed by atoms with Gasteiger partial charge in [0, 0.05) is 24.8 Å². The fourth-order valence-corrected chi connectivity index (χ4v) is 1.14. The third kappa shape index (κ3) is 0.541. The van der Waals surface area contributed by atoms with E-state index in [-0.39, 0.29) is 0 Å². The Balaban J connectivity index is 2.68. The van der Waals surface area contributed by atoms with Gasteiger partial charge in [-0.05, 0) is 4.74 Å². The Labute approximate surface area is 66.5 Å². The van der Waals surface area contributed by atoms with E-state index >= 15 is 0 Å². The molecule has 3 aromatic heterocycles. The molecule has 3 aromatic rings. The first-order valence-electron chi connectivity index (χ1n) is 3.44. The number of hydrogen-bond donors (Lipinski definition) is 0. The van der Waals surface area contributed by atoms with Crippen molar-refractivity contribution in [2.75, 3.05) is 0 Å². The van der Waals surface area contributed by atoms with E-state index < -0.39 is 0 Å². The molecule has 0 radical (unpaired) electrons. The lowest BCUT2D eigenvalue weighted by Crippen LogP contribution is -2.32. The molecule has 0 aliphatic heterocycles. The van der Waals surface area contributed by atoms with Crippen molar-refractivity contribution < 1.29 is 4.74 Å². The van der Waals surface area contributed by atoms with Crippen LogP contribution >= 0.6 is 0 Å².